The summed E-state index contributed by atoms with van der Waals surface area (Å²) in [5.74, 6) is 1.60. The van der Waals surface area contributed by atoms with Crippen LogP contribution in [0.2, 0.25) is 0 Å². The van der Waals surface area contributed by atoms with Crippen LogP contribution in [0, 0.1) is 12.8 Å². The Balaban J connectivity index is 0.00000363. The summed E-state index contributed by atoms with van der Waals surface area (Å²) in [4.78, 5) is 21.6. The number of aryl methyl sites for hydroxylation is 2. The molecule has 1 amide bonds. The van der Waals surface area contributed by atoms with Crippen LogP contribution in [0.5, 0.6) is 0 Å². The van der Waals surface area contributed by atoms with Crippen LogP contribution in [0.3, 0.4) is 0 Å². The molecule has 1 aliphatic carbocycles. The molecular formula is C23H41IN6O2. The molecule has 1 saturated heterocycles. The molecule has 0 atom stereocenters. The van der Waals surface area contributed by atoms with Crippen LogP contribution in [0.25, 0.3) is 0 Å². The lowest BCUT2D eigenvalue weighted by Gasteiger charge is -2.40. The summed E-state index contributed by atoms with van der Waals surface area (Å²) in [6.45, 7) is 12.2. The Bertz CT molecular complexity index is 748. The first kappa shape index (κ1) is 26.7. The number of hydrogen-bond acceptors (Lipinski definition) is 4. The molecule has 1 aliphatic heterocycles. The van der Waals surface area contributed by atoms with Gasteiger partial charge in [0.25, 0.3) is 0 Å². The Morgan fingerprint density at radius 2 is 1.97 bits per heavy atom. The molecule has 9 heteroatoms. The molecule has 3 rings (SSSR count). The molecule has 32 heavy (non-hydrogen) atoms. The van der Waals surface area contributed by atoms with Gasteiger partial charge in [0.15, 0.2) is 5.96 Å². The van der Waals surface area contributed by atoms with E-state index in [2.05, 4.69) is 33.4 Å². The lowest BCUT2D eigenvalue weighted by atomic mass is 10.0. The molecule has 0 unspecified atom stereocenters. The van der Waals surface area contributed by atoms with Crippen LogP contribution in [0.1, 0.15) is 58.4 Å². The van der Waals surface area contributed by atoms with Crippen molar-refractivity contribution in [1.29, 1.82) is 0 Å². The van der Waals surface area contributed by atoms with E-state index in [1.165, 1.54) is 18.4 Å². The fourth-order valence-corrected chi connectivity index (χ4v) is 4.02. The number of piperidine rings is 1. The van der Waals surface area contributed by atoms with Crippen molar-refractivity contribution in [3.05, 3.63) is 18.0 Å². The fraction of sp³-hybridized carbons (Fsp3) is 0.783. The van der Waals surface area contributed by atoms with Crippen molar-refractivity contribution >= 4 is 36.0 Å². The lowest BCUT2D eigenvalue weighted by Crippen LogP contribution is -2.52. The van der Waals surface area contributed by atoms with E-state index in [4.69, 9.17) is 4.74 Å². The first-order valence-corrected chi connectivity index (χ1v) is 11.7. The van der Waals surface area contributed by atoms with Crippen molar-refractivity contribution < 1.29 is 9.53 Å². The van der Waals surface area contributed by atoms with Crippen molar-refractivity contribution in [3.63, 3.8) is 0 Å². The number of aliphatic imine (C=N–C) groups is 1. The largest absolute Gasteiger partial charge is 0.444 e. The second-order valence-electron chi connectivity index (χ2n) is 9.90. The molecule has 0 spiro atoms. The standard InChI is InChI=1S/C23H40N6O2.HI/c1-18-15-26-28(16-18)12-6-11-25-21(24-5)27-13-9-20(10-14-27)29(17-19-7-8-19)22(30)31-23(2,3)4;/h15-16,19-20H,6-14,17H2,1-5H3,(H,24,25);1H. The van der Waals surface area contributed by atoms with E-state index < -0.39 is 5.60 Å². The summed E-state index contributed by atoms with van der Waals surface area (Å²) in [7, 11) is 1.84. The van der Waals surface area contributed by atoms with E-state index in [1.54, 1.807) is 0 Å². The van der Waals surface area contributed by atoms with Gasteiger partial charge in [0.05, 0.1) is 6.20 Å². The monoisotopic (exact) mass is 560 g/mol. The molecule has 0 radical (unpaired) electrons. The number of amides is 1. The Morgan fingerprint density at radius 3 is 2.50 bits per heavy atom. The van der Waals surface area contributed by atoms with Gasteiger partial charge in [-0.05, 0) is 71.3 Å². The van der Waals surface area contributed by atoms with Gasteiger partial charge in [-0.15, -0.1) is 24.0 Å². The van der Waals surface area contributed by atoms with Gasteiger partial charge >= 0.3 is 6.09 Å². The number of carbonyl (C=O) groups excluding carboxylic acids is 1. The highest BCUT2D eigenvalue weighted by Crippen LogP contribution is 2.32. The van der Waals surface area contributed by atoms with Crippen molar-refractivity contribution in [3.8, 4) is 0 Å². The average Bonchev–Trinajstić information content (AvgIpc) is 3.44. The number of carbonyl (C=O) groups is 1. The highest BCUT2D eigenvalue weighted by Gasteiger charge is 2.35. The fourth-order valence-electron chi connectivity index (χ4n) is 4.02. The quantitative estimate of drug-likeness (QED) is 0.237. The van der Waals surface area contributed by atoms with Gasteiger partial charge in [-0.25, -0.2) is 4.79 Å². The molecule has 182 valence electrons. The van der Waals surface area contributed by atoms with E-state index in [-0.39, 0.29) is 36.1 Å². The third kappa shape index (κ3) is 8.44. The SMILES string of the molecule is CN=C(NCCCn1cc(C)cn1)N1CCC(N(CC2CC2)C(=O)OC(C)(C)C)CC1.I. The molecule has 8 nitrogen and oxygen atoms in total. The lowest BCUT2D eigenvalue weighted by molar-refractivity contribution is 0.00928. The molecule has 2 aliphatic rings. The second-order valence-corrected chi connectivity index (χ2v) is 9.90. The van der Waals surface area contributed by atoms with Crippen molar-refractivity contribution in [2.24, 2.45) is 10.9 Å². The van der Waals surface area contributed by atoms with Gasteiger partial charge in [-0.1, -0.05) is 0 Å². The maximum Gasteiger partial charge on any atom is 0.410 e. The summed E-state index contributed by atoms with van der Waals surface area (Å²) in [6.07, 6.45) is 9.13. The van der Waals surface area contributed by atoms with Crippen LogP contribution in [0.4, 0.5) is 4.79 Å². The third-order valence-corrected chi connectivity index (χ3v) is 5.81. The zero-order chi connectivity index (χ0) is 22.4. The first-order chi connectivity index (χ1) is 14.7. The number of hydrogen-bond donors (Lipinski definition) is 1. The van der Waals surface area contributed by atoms with Gasteiger partial charge in [0.2, 0.25) is 0 Å². The maximum atomic E-state index is 12.8. The van der Waals surface area contributed by atoms with Crippen LogP contribution in [-0.4, -0.2) is 76.5 Å². The topological polar surface area (TPSA) is 75.0 Å². The molecule has 1 aromatic rings. The summed E-state index contributed by atoms with van der Waals surface area (Å²) >= 11 is 0. The molecule has 1 aromatic heterocycles. The molecule has 1 saturated carbocycles. The zero-order valence-corrected chi connectivity index (χ0v) is 22.7. The van der Waals surface area contributed by atoms with Gasteiger partial charge in [0, 0.05) is 52.0 Å². The predicted molar refractivity (Wildman–Crippen MR) is 139 cm³/mol. The normalized spacial score (nSPS) is 17.7. The minimum absolute atomic E-state index is 0. The van der Waals surface area contributed by atoms with Gasteiger partial charge in [-0.3, -0.25) is 9.67 Å². The van der Waals surface area contributed by atoms with Crippen LogP contribution >= 0.6 is 24.0 Å². The number of rotatable bonds is 7. The number of halogens is 1. The Hall–Kier alpha value is -1.52. The molecule has 2 heterocycles. The summed E-state index contributed by atoms with van der Waals surface area (Å²) in [5.41, 5.74) is 0.731. The zero-order valence-electron chi connectivity index (χ0n) is 20.3. The van der Waals surface area contributed by atoms with Crippen LogP contribution in [-0.2, 0) is 11.3 Å². The molecule has 0 bridgehead atoms. The molecule has 2 fully saturated rings. The van der Waals surface area contributed by atoms with Crippen molar-refractivity contribution in [2.45, 2.75) is 78.0 Å². The molecule has 1 N–H and O–H groups in total. The van der Waals surface area contributed by atoms with Crippen molar-refractivity contribution in [2.75, 3.05) is 33.2 Å². The number of likely N-dealkylation sites (tertiary alicyclic amines) is 1. The maximum absolute atomic E-state index is 12.8. The minimum atomic E-state index is -0.458. The Labute approximate surface area is 210 Å². The van der Waals surface area contributed by atoms with Crippen LogP contribution in [0.15, 0.2) is 17.4 Å². The molecule has 0 aromatic carbocycles. The van der Waals surface area contributed by atoms with Gasteiger partial charge in [0.1, 0.15) is 5.60 Å². The smallest absolute Gasteiger partial charge is 0.410 e. The van der Waals surface area contributed by atoms with E-state index in [0.717, 1.165) is 57.9 Å². The Kier molecular flexibility index (Phi) is 10.1. The highest BCUT2D eigenvalue weighted by molar-refractivity contribution is 14.0. The summed E-state index contributed by atoms with van der Waals surface area (Å²) < 4.78 is 7.69. The number of guanidine groups is 1. The van der Waals surface area contributed by atoms with E-state index in [9.17, 15) is 4.79 Å². The minimum Gasteiger partial charge on any atom is -0.444 e. The van der Waals surface area contributed by atoms with Crippen LogP contribution < -0.4 is 5.32 Å². The highest BCUT2D eigenvalue weighted by atomic mass is 127. The number of nitrogens with one attached hydrogen (secondary N) is 1. The second kappa shape index (κ2) is 12.1. The number of aromatic nitrogens is 2. The summed E-state index contributed by atoms with van der Waals surface area (Å²) in [6, 6.07) is 0.243. The number of nitrogens with zero attached hydrogens (tertiary/aromatic N) is 5. The van der Waals surface area contributed by atoms with Crippen molar-refractivity contribution in [1.82, 2.24) is 24.9 Å². The first-order valence-electron chi connectivity index (χ1n) is 11.7. The third-order valence-electron chi connectivity index (χ3n) is 5.81. The van der Waals surface area contributed by atoms with E-state index in [0.29, 0.717) is 5.92 Å². The molecular weight excluding hydrogens is 519 g/mol. The number of ether oxygens (including phenoxy) is 1. The Morgan fingerprint density at radius 1 is 1.28 bits per heavy atom. The van der Waals surface area contributed by atoms with E-state index >= 15 is 0 Å². The average molecular weight is 561 g/mol. The predicted octanol–water partition coefficient (Wildman–Crippen LogP) is 3.89. The van der Waals surface area contributed by atoms with Gasteiger partial charge < -0.3 is 19.9 Å². The van der Waals surface area contributed by atoms with Gasteiger partial charge in [-0.2, -0.15) is 5.10 Å². The van der Waals surface area contributed by atoms with E-state index in [1.807, 2.05) is 43.6 Å². The summed E-state index contributed by atoms with van der Waals surface area (Å²) in [5, 5.41) is 7.82.